The van der Waals surface area contributed by atoms with Crippen molar-refractivity contribution in [3.63, 3.8) is 0 Å². The molecule has 0 fully saturated rings. The Morgan fingerprint density at radius 1 is 1.44 bits per heavy atom. The van der Waals surface area contributed by atoms with Crippen molar-refractivity contribution in [1.82, 2.24) is 0 Å². The van der Waals surface area contributed by atoms with E-state index in [0.29, 0.717) is 18.8 Å². The number of methoxy groups -OCH3 is 1. The number of hydrogen-bond donors (Lipinski definition) is 2. The van der Waals surface area contributed by atoms with Crippen LogP contribution in [0.5, 0.6) is 0 Å². The second-order valence-corrected chi connectivity index (χ2v) is 3.16. The summed E-state index contributed by atoms with van der Waals surface area (Å²) in [6.45, 7) is 1.06. The molecule has 16 heavy (non-hydrogen) atoms. The van der Waals surface area contributed by atoms with Crippen LogP contribution >= 0.6 is 0 Å². The summed E-state index contributed by atoms with van der Waals surface area (Å²) in [4.78, 5) is 11.3. The molecule has 0 spiro atoms. The van der Waals surface area contributed by atoms with Crippen LogP contribution in [0.3, 0.4) is 0 Å². The van der Waals surface area contributed by atoms with Crippen LogP contribution in [-0.2, 0) is 16.0 Å². The highest BCUT2D eigenvalue weighted by Crippen LogP contribution is 2.10. The molecule has 0 unspecified atom stereocenters. The summed E-state index contributed by atoms with van der Waals surface area (Å²) in [5, 5.41) is 2.60. The Balaban J connectivity index is 2.43. The average Bonchev–Trinajstić information content (AvgIpc) is 2.29. The van der Waals surface area contributed by atoms with Crippen molar-refractivity contribution in [3.05, 3.63) is 29.8 Å². The summed E-state index contributed by atoms with van der Waals surface area (Å²) in [6.07, 6.45) is -0.494. The number of carbonyl (C=O) groups excluding carboxylic acids is 1. The zero-order valence-corrected chi connectivity index (χ0v) is 9.23. The molecule has 0 saturated carbocycles. The molecule has 0 saturated heterocycles. The molecule has 5 nitrogen and oxygen atoms in total. The van der Waals surface area contributed by atoms with Gasteiger partial charge in [-0.25, -0.2) is 4.79 Å². The molecule has 5 heteroatoms. The normalized spacial score (nSPS) is 9.88. The first-order chi connectivity index (χ1) is 7.76. The van der Waals surface area contributed by atoms with Crippen LogP contribution in [0.2, 0.25) is 0 Å². The van der Waals surface area contributed by atoms with Crippen molar-refractivity contribution in [3.8, 4) is 0 Å². The lowest BCUT2D eigenvalue weighted by Crippen LogP contribution is -2.16. The summed E-state index contributed by atoms with van der Waals surface area (Å²) in [7, 11) is 1.55. The zero-order valence-electron chi connectivity index (χ0n) is 9.23. The lowest BCUT2D eigenvalue weighted by Gasteiger charge is -2.07. The molecule has 0 heterocycles. The third-order valence-electron chi connectivity index (χ3n) is 1.93. The van der Waals surface area contributed by atoms with Crippen molar-refractivity contribution in [1.29, 1.82) is 0 Å². The van der Waals surface area contributed by atoms with E-state index in [1.807, 2.05) is 12.1 Å². The number of carbonyl (C=O) groups is 1. The molecule has 0 radical (unpaired) electrons. The molecule has 0 atom stereocenters. The minimum Gasteiger partial charge on any atom is -0.447 e. The molecule has 0 aliphatic heterocycles. The minimum atomic E-state index is -0.494. The van der Waals surface area contributed by atoms with Crippen molar-refractivity contribution in [2.45, 2.75) is 6.54 Å². The maximum atomic E-state index is 11.3. The van der Waals surface area contributed by atoms with Gasteiger partial charge >= 0.3 is 6.09 Å². The zero-order chi connectivity index (χ0) is 11.8. The molecule has 1 aromatic carbocycles. The Bertz CT molecular complexity index is 342. The van der Waals surface area contributed by atoms with E-state index in [1.54, 1.807) is 19.2 Å². The van der Waals surface area contributed by atoms with Gasteiger partial charge in [-0.2, -0.15) is 0 Å². The first-order valence-electron chi connectivity index (χ1n) is 4.98. The first kappa shape index (κ1) is 12.5. The van der Waals surface area contributed by atoms with Gasteiger partial charge in [0.1, 0.15) is 6.61 Å². The molecule has 1 amide bonds. The van der Waals surface area contributed by atoms with E-state index in [0.717, 1.165) is 5.56 Å². The fourth-order valence-electron chi connectivity index (χ4n) is 1.15. The Hall–Kier alpha value is -1.59. The number of nitrogens with one attached hydrogen (secondary N) is 1. The van der Waals surface area contributed by atoms with Gasteiger partial charge in [-0.1, -0.05) is 12.1 Å². The van der Waals surface area contributed by atoms with Gasteiger partial charge in [0.15, 0.2) is 0 Å². The third-order valence-corrected chi connectivity index (χ3v) is 1.93. The summed E-state index contributed by atoms with van der Waals surface area (Å²) >= 11 is 0. The molecule has 1 aromatic rings. The molecule has 1 rings (SSSR count). The Morgan fingerprint density at radius 2 is 2.25 bits per heavy atom. The first-order valence-corrected chi connectivity index (χ1v) is 4.98. The van der Waals surface area contributed by atoms with E-state index in [9.17, 15) is 4.79 Å². The Labute approximate surface area is 94.5 Å². The second kappa shape index (κ2) is 6.81. The Morgan fingerprint density at radius 3 is 2.94 bits per heavy atom. The quantitative estimate of drug-likeness (QED) is 0.740. The smallest absolute Gasteiger partial charge is 0.411 e. The summed E-state index contributed by atoms with van der Waals surface area (Å²) in [6, 6.07) is 7.29. The van der Waals surface area contributed by atoms with Crippen LogP contribution in [-0.4, -0.2) is 26.4 Å². The van der Waals surface area contributed by atoms with E-state index < -0.39 is 6.09 Å². The maximum Gasteiger partial charge on any atom is 0.411 e. The van der Waals surface area contributed by atoms with Crippen LogP contribution in [0.25, 0.3) is 0 Å². The summed E-state index contributed by atoms with van der Waals surface area (Å²) in [5.41, 5.74) is 7.11. The predicted octanol–water partition coefficient (Wildman–Crippen LogP) is 1.34. The number of rotatable bonds is 5. The second-order valence-electron chi connectivity index (χ2n) is 3.16. The lowest BCUT2D eigenvalue weighted by molar-refractivity contribution is 0.107. The highest BCUT2D eigenvalue weighted by atomic mass is 16.6. The molecule has 0 aliphatic rings. The standard InChI is InChI=1S/C11H16N2O3/c1-15-5-6-16-11(14)13-10-4-2-3-9(7-10)8-12/h2-4,7H,5-6,8,12H2,1H3,(H,13,14). The van der Waals surface area contributed by atoms with Crippen LogP contribution in [0.15, 0.2) is 24.3 Å². The highest BCUT2D eigenvalue weighted by molar-refractivity contribution is 5.84. The van der Waals surface area contributed by atoms with Gasteiger partial charge < -0.3 is 15.2 Å². The van der Waals surface area contributed by atoms with Crippen molar-refractivity contribution < 1.29 is 14.3 Å². The summed E-state index contributed by atoms with van der Waals surface area (Å²) < 4.78 is 9.61. The molecular formula is C11H16N2O3. The van der Waals surface area contributed by atoms with Crippen molar-refractivity contribution in [2.75, 3.05) is 25.6 Å². The topological polar surface area (TPSA) is 73.6 Å². The average molecular weight is 224 g/mol. The minimum absolute atomic E-state index is 0.235. The summed E-state index contributed by atoms with van der Waals surface area (Å²) in [5.74, 6) is 0. The van der Waals surface area contributed by atoms with E-state index in [1.165, 1.54) is 0 Å². The van der Waals surface area contributed by atoms with E-state index in [-0.39, 0.29) is 6.61 Å². The predicted molar refractivity (Wildman–Crippen MR) is 61.2 cm³/mol. The fourth-order valence-corrected chi connectivity index (χ4v) is 1.15. The van der Waals surface area contributed by atoms with Gasteiger partial charge in [0, 0.05) is 19.3 Å². The van der Waals surface area contributed by atoms with Crippen LogP contribution in [0.4, 0.5) is 10.5 Å². The number of amides is 1. The van der Waals surface area contributed by atoms with Gasteiger partial charge in [0.25, 0.3) is 0 Å². The number of benzene rings is 1. The SMILES string of the molecule is COCCOC(=O)Nc1cccc(CN)c1. The largest absolute Gasteiger partial charge is 0.447 e. The molecule has 0 bridgehead atoms. The van der Waals surface area contributed by atoms with Gasteiger partial charge in [-0.15, -0.1) is 0 Å². The van der Waals surface area contributed by atoms with E-state index in [4.69, 9.17) is 15.2 Å². The van der Waals surface area contributed by atoms with Crippen LogP contribution < -0.4 is 11.1 Å². The van der Waals surface area contributed by atoms with Crippen LogP contribution in [0.1, 0.15) is 5.56 Å². The van der Waals surface area contributed by atoms with Gasteiger partial charge in [0.05, 0.1) is 6.61 Å². The number of hydrogen-bond acceptors (Lipinski definition) is 4. The lowest BCUT2D eigenvalue weighted by atomic mass is 10.2. The van der Waals surface area contributed by atoms with Gasteiger partial charge in [0.2, 0.25) is 0 Å². The van der Waals surface area contributed by atoms with E-state index in [2.05, 4.69) is 5.32 Å². The monoisotopic (exact) mass is 224 g/mol. The number of nitrogens with two attached hydrogens (primary N) is 1. The van der Waals surface area contributed by atoms with Gasteiger partial charge in [-0.05, 0) is 17.7 Å². The molecular weight excluding hydrogens is 208 g/mol. The molecule has 3 N–H and O–H groups in total. The van der Waals surface area contributed by atoms with Crippen LogP contribution in [0, 0.1) is 0 Å². The maximum absolute atomic E-state index is 11.3. The van der Waals surface area contributed by atoms with Crippen molar-refractivity contribution >= 4 is 11.8 Å². The molecule has 0 aromatic heterocycles. The highest BCUT2D eigenvalue weighted by Gasteiger charge is 2.02. The third kappa shape index (κ3) is 4.29. The van der Waals surface area contributed by atoms with E-state index >= 15 is 0 Å². The number of ether oxygens (including phenoxy) is 2. The van der Waals surface area contributed by atoms with Crippen molar-refractivity contribution in [2.24, 2.45) is 5.73 Å². The Kier molecular flexibility index (Phi) is 5.31. The van der Waals surface area contributed by atoms with Gasteiger partial charge in [-0.3, -0.25) is 5.32 Å². The number of anilines is 1. The molecule has 88 valence electrons. The molecule has 0 aliphatic carbocycles. The fraction of sp³-hybridized carbons (Fsp3) is 0.364.